The Bertz CT molecular complexity index is 568. The fourth-order valence-corrected chi connectivity index (χ4v) is 4.04. The zero-order valence-corrected chi connectivity index (χ0v) is 13.9. The van der Waals surface area contributed by atoms with E-state index in [-0.39, 0.29) is 4.90 Å². The van der Waals surface area contributed by atoms with Gasteiger partial charge in [-0.2, -0.15) is 4.31 Å². The first kappa shape index (κ1) is 16.6. The highest BCUT2D eigenvalue weighted by atomic mass is 35.5. The summed E-state index contributed by atoms with van der Waals surface area (Å²) in [6, 6.07) is 4.69. The van der Waals surface area contributed by atoms with Gasteiger partial charge >= 0.3 is 0 Å². The maximum atomic E-state index is 12.6. The van der Waals surface area contributed by atoms with Crippen LogP contribution in [-0.4, -0.2) is 32.4 Å². The molecule has 1 aliphatic heterocycles. The molecule has 1 heterocycles. The fraction of sp³-hybridized carbons (Fsp3) is 0.600. The average molecular weight is 332 g/mol. The van der Waals surface area contributed by atoms with Gasteiger partial charge in [-0.05, 0) is 31.4 Å². The van der Waals surface area contributed by atoms with Gasteiger partial charge in [-0.3, -0.25) is 0 Å². The molecule has 0 spiro atoms. The molecule has 1 fully saturated rings. The molecule has 1 aromatic rings. The Balaban J connectivity index is 2.20. The quantitative estimate of drug-likeness (QED) is 0.747. The van der Waals surface area contributed by atoms with Gasteiger partial charge in [0.15, 0.2) is 0 Å². The molecule has 21 heavy (non-hydrogen) atoms. The van der Waals surface area contributed by atoms with Crippen LogP contribution in [0.2, 0.25) is 5.02 Å². The normalized spacial score (nSPS) is 16.9. The number of sulfonamides is 1. The van der Waals surface area contributed by atoms with Gasteiger partial charge in [-0.15, -0.1) is 0 Å². The summed E-state index contributed by atoms with van der Waals surface area (Å²) in [6.07, 6.45) is 4.88. The predicted molar refractivity (Wildman–Crippen MR) is 84.5 cm³/mol. The van der Waals surface area contributed by atoms with Crippen LogP contribution in [0.4, 0.5) is 0 Å². The molecule has 6 heteroatoms. The lowest BCUT2D eigenvalue weighted by molar-refractivity contribution is 0.308. The van der Waals surface area contributed by atoms with Crippen molar-refractivity contribution in [2.75, 3.05) is 19.7 Å². The van der Waals surface area contributed by atoms with Crippen LogP contribution < -0.4 is 4.74 Å². The SMILES string of the molecule is CCCCOc1cc(S(=O)(=O)N2CCCCC2)ccc1Cl. The van der Waals surface area contributed by atoms with E-state index in [0.29, 0.717) is 30.5 Å². The Morgan fingerprint density at radius 2 is 1.95 bits per heavy atom. The van der Waals surface area contributed by atoms with Crippen LogP contribution in [0.3, 0.4) is 0 Å². The Morgan fingerprint density at radius 3 is 2.62 bits per heavy atom. The van der Waals surface area contributed by atoms with Crippen LogP contribution >= 0.6 is 11.6 Å². The molecule has 0 saturated carbocycles. The highest BCUT2D eigenvalue weighted by molar-refractivity contribution is 7.89. The Hall–Kier alpha value is -0.780. The molecule has 2 rings (SSSR count). The van der Waals surface area contributed by atoms with Crippen molar-refractivity contribution < 1.29 is 13.2 Å². The van der Waals surface area contributed by atoms with Crippen molar-refractivity contribution in [2.45, 2.75) is 43.9 Å². The molecule has 0 unspecified atom stereocenters. The summed E-state index contributed by atoms with van der Waals surface area (Å²) in [5.41, 5.74) is 0. The summed E-state index contributed by atoms with van der Waals surface area (Å²) in [4.78, 5) is 0.264. The smallest absolute Gasteiger partial charge is 0.243 e. The monoisotopic (exact) mass is 331 g/mol. The lowest BCUT2D eigenvalue weighted by atomic mass is 10.2. The van der Waals surface area contributed by atoms with Crippen LogP contribution in [0.15, 0.2) is 23.1 Å². The van der Waals surface area contributed by atoms with Crippen molar-refractivity contribution in [3.63, 3.8) is 0 Å². The second-order valence-electron chi connectivity index (χ2n) is 5.26. The van der Waals surface area contributed by atoms with Gasteiger partial charge in [-0.25, -0.2) is 8.42 Å². The second kappa shape index (κ2) is 7.47. The van der Waals surface area contributed by atoms with E-state index < -0.39 is 10.0 Å². The number of piperidine rings is 1. The van der Waals surface area contributed by atoms with Gasteiger partial charge in [-0.1, -0.05) is 31.4 Å². The largest absolute Gasteiger partial charge is 0.492 e. The van der Waals surface area contributed by atoms with Crippen LogP contribution in [0.1, 0.15) is 39.0 Å². The van der Waals surface area contributed by atoms with E-state index in [1.165, 1.54) is 0 Å². The van der Waals surface area contributed by atoms with Crippen molar-refractivity contribution >= 4 is 21.6 Å². The number of rotatable bonds is 6. The minimum absolute atomic E-state index is 0.264. The molecule has 1 aliphatic rings. The third-order valence-corrected chi connectivity index (χ3v) is 5.82. The maximum absolute atomic E-state index is 12.6. The standard InChI is InChI=1S/C15H22ClNO3S/c1-2-3-11-20-15-12-13(7-8-14(15)16)21(18,19)17-9-5-4-6-10-17/h7-8,12H,2-6,9-11H2,1H3. The van der Waals surface area contributed by atoms with E-state index in [4.69, 9.17) is 16.3 Å². The zero-order chi connectivity index (χ0) is 15.3. The van der Waals surface area contributed by atoms with E-state index in [9.17, 15) is 8.42 Å². The molecule has 0 amide bonds. The number of hydrogen-bond donors (Lipinski definition) is 0. The number of ether oxygens (including phenoxy) is 1. The van der Waals surface area contributed by atoms with Crippen molar-refractivity contribution in [1.29, 1.82) is 0 Å². The summed E-state index contributed by atoms with van der Waals surface area (Å²) in [6.45, 7) is 3.81. The number of benzene rings is 1. The molecule has 0 radical (unpaired) electrons. The topological polar surface area (TPSA) is 46.6 Å². The number of nitrogens with zero attached hydrogens (tertiary/aromatic N) is 1. The minimum atomic E-state index is -3.44. The number of unbranched alkanes of at least 4 members (excludes halogenated alkanes) is 1. The van der Waals surface area contributed by atoms with Crippen molar-refractivity contribution in [1.82, 2.24) is 4.31 Å². The minimum Gasteiger partial charge on any atom is -0.492 e. The van der Waals surface area contributed by atoms with Gasteiger partial charge < -0.3 is 4.74 Å². The van der Waals surface area contributed by atoms with Gasteiger partial charge in [0.05, 0.1) is 16.5 Å². The molecule has 1 saturated heterocycles. The highest BCUT2D eigenvalue weighted by Gasteiger charge is 2.26. The second-order valence-corrected chi connectivity index (χ2v) is 7.60. The zero-order valence-electron chi connectivity index (χ0n) is 12.3. The molecule has 118 valence electrons. The molecule has 0 aromatic heterocycles. The summed E-state index contributed by atoms with van der Waals surface area (Å²) in [5.74, 6) is 0.447. The molecule has 0 aliphatic carbocycles. The van der Waals surface area contributed by atoms with E-state index in [1.54, 1.807) is 22.5 Å². The summed E-state index contributed by atoms with van der Waals surface area (Å²) < 4.78 is 32.4. The number of hydrogen-bond acceptors (Lipinski definition) is 3. The number of halogens is 1. The summed E-state index contributed by atoms with van der Waals surface area (Å²) in [5, 5.41) is 0.448. The first-order valence-corrected chi connectivity index (χ1v) is 9.30. The molecule has 0 atom stereocenters. The van der Waals surface area contributed by atoms with Crippen molar-refractivity contribution in [3.8, 4) is 5.75 Å². The molecule has 4 nitrogen and oxygen atoms in total. The van der Waals surface area contributed by atoms with Gasteiger partial charge in [0, 0.05) is 19.2 Å². The van der Waals surface area contributed by atoms with E-state index >= 15 is 0 Å². The van der Waals surface area contributed by atoms with Gasteiger partial charge in [0.2, 0.25) is 10.0 Å². The Morgan fingerprint density at radius 1 is 1.24 bits per heavy atom. The fourth-order valence-electron chi connectivity index (χ4n) is 2.34. The molecular formula is C15H22ClNO3S. The van der Waals surface area contributed by atoms with Crippen molar-refractivity contribution in [3.05, 3.63) is 23.2 Å². The van der Waals surface area contributed by atoms with Crippen LogP contribution in [-0.2, 0) is 10.0 Å². The van der Waals surface area contributed by atoms with E-state index in [0.717, 1.165) is 32.1 Å². The third-order valence-electron chi connectivity index (χ3n) is 3.61. The lowest BCUT2D eigenvalue weighted by Gasteiger charge is -2.26. The first-order valence-electron chi connectivity index (χ1n) is 7.48. The van der Waals surface area contributed by atoms with E-state index in [2.05, 4.69) is 6.92 Å². The summed E-state index contributed by atoms with van der Waals surface area (Å²) >= 11 is 6.08. The molecule has 1 aromatic carbocycles. The lowest BCUT2D eigenvalue weighted by Crippen LogP contribution is -2.35. The Labute approximate surface area is 132 Å². The molecule has 0 N–H and O–H groups in total. The van der Waals surface area contributed by atoms with E-state index in [1.807, 2.05) is 0 Å². The summed E-state index contributed by atoms with van der Waals surface area (Å²) in [7, 11) is -3.44. The Kier molecular flexibility index (Phi) is 5.90. The van der Waals surface area contributed by atoms with Crippen molar-refractivity contribution in [2.24, 2.45) is 0 Å². The maximum Gasteiger partial charge on any atom is 0.243 e. The highest BCUT2D eigenvalue weighted by Crippen LogP contribution is 2.30. The molecular weight excluding hydrogens is 310 g/mol. The predicted octanol–water partition coefficient (Wildman–Crippen LogP) is 3.69. The van der Waals surface area contributed by atoms with Crippen LogP contribution in [0.5, 0.6) is 5.75 Å². The average Bonchev–Trinajstić information content (AvgIpc) is 2.50. The van der Waals surface area contributed by atoms with Crippen LogP contribution in [0.25, 0.3) is 0 Å². The van der Waals surface area contributed by atoms with Gasteiger partial charge in [0.25, 0.3) is 0 Å². The van der Waals surface area contributed by atoms with Gasteiger partial charge in [0.1, 0.15) is 5.75 Å². The third kappa shape index (κ3) is 4.11. The first-order chi connectivity index (χ1) is 10.1. The molecule has 0 bridgehead atoms. The van der Waals surface area contributed by atoms with Crippen LogP contribution in [0, 0.1) is 0 Å².